The lowest BCUT2D eigenvalue weighted by atomic mass is 9.93. The standard InChI is InChI=1S/C18H25F3N2O/c1-4-5-6-7-13-8-10-14(11-9-13)15(18(19,20)21)23-12-17(2,3)16(24)22-23/h8-11,15H,4-7,12H2,1-3H3,(H,22,24)/t15-/m0/s1. The maximum Gasteiger partial charge on any atom is 0.409 e. The minimum Gasteiger partial charge on any atom is -0.287 e. The third-order valence-electron chi connectivity index (χ3n) is 4.41. The number of benzene rings is 1. The van der Waals surface area contributed by atoms with Crippen LogP contribution in [0.1, 0.15) is 57.2 Å². The number of amides is 1. The number of halogens is 3. The van der Waals surface area contributed by atoms with E-state index < -0.39 is 17.6 Å². The first-order chi connectivity index (χ1) is 11.1. The van der Waals surface area contributed by atoms with Crippen LogP contribution in [-0.4, -0.2) is 23.6 Å². The second-order valence-electron chi connectivity index (χ2n) is 7.10. The zero-order valence-corrected chi connectivity index (χ0v) is 14.4. The molecule has 1 heterocycles. The molecular formula is C18H25F3N2O. The lowest BCUT2D eigenvalue weighted by Crippen LogP contribution is -2.43. The van der Waals surface area contributed by atoms with Gasteiger partial charge >= 0.3 is 6.18 Å². The fraction of sp³-hybridized carbons (Fsp3) is 0.611. The highest BCUT2D eigenvalue weighted by Crippen LogP contribution is 2.40. The first-order valence-corrected chi connectivity index (χ1v) is 8.38. The molecule has 1 aliphatic heterocycles. The highest BCUT2D eigenvalue weighted by molar-refractivity contribution is 5.83. The molecule has 1 aromatic rings. The first-order valence-electron chi connectivity index (χ1n) is 8.38. The molecule has 134 valence electrons. The smallest absolute Gasteiger partial charge is 0.287 e. The van der Waals surface area contributed by atoms with Crippen LogP contribution < -0.4 is 5.43 Å². The van der Waals surface area contributed by atoms with E-state index in [1.54, 1.807) is 26.0 Å². The van der Waals surface area contributed by atoms with Crippen LogP contribution in [0.15, 0.2) is 24.3 Å². The van der Waals surface area contributed by atoms with Crippen LogP contribution in [0.25, 0.3) is 0 Å². The monoisotopic (exact) mass is 342 g/mol. The summed E-state index contributed by atoms with van der Waals surface area (Å²) >= 11 is 0. The minimum absolute atomic E-state index is 0.0221. The molecule has 3 nitrogen and oxygen atoms in total. The van der Waals surface area contributed by atoms with Crippen molar-refractivity contribution < 1.29 is 18.0 Å². The largest absolute Gasteiger partial charge is 0.409 e. The van der Waals surface area contributed by atoms with Crippen LogP contribution in [0, 0.1) is 5.41 Å². The molecule has 24 heavy (non-hydrogen) atoms. The van der Waals surface area contributed by atoms with Crippen molar-refractivity contribution in [2.45, 2.75) is 58.7 Å². The summed E-state index contributed by atoms with van der Waals surface area (Å²) in [6.07, 6.45) is -0.328. The predicted molar refractivity (Wildman–Crippen MR) is 87.1 cm³/mol. The third kappa shape index (κ3) is 4.29. The quantitative estimate of drug-likeness (QED) is 0.778. The molecule has 1 saturated heterocycles. The number of carbonyl (C=O) groups is 1. The molecule has 1 aromatic carbocycles. The van der Waals surface area contributed by atoms with Gasteiger partial charge in [-0.3, -0.25) is 10.2 Å². The van der Waals surface area contributed by atoms with Crippen LogP contribution >= 0.6 is 0 Å². The topological polar surface area (TPSA) is 32.3 Å². The second-order valence-corrected chi connectivity index (χ2v) is 7.10. The fourth-order valence-electron chi connectivity index (χ4n) is 2.97. The summed E-state index contributed by atoms with van der Waals surface area (Å²) in [7, 11) is 0. The fourth-order valence-corrected chi connectivity index (χ4v) is 2.97. The number of nitrogens with one attached hydrogen (secondary N) is 1. The number of carbonyl (C=O) groups excluding carboxylic acids is 1. The number of unbranched alkanes of at least 4 members (excludes halogenated alkanes) is 2. The second kappa shape index (κ2) is 7.13. The number of hydrogen-bond acceptors (Lipinski definition) is 2. The van der Waals surface area contributed by atoms with Crippen LogP contribution in [0.3, 0.4) is 0 Å². The van der Waals surface area contributed by atoms with Crippen molar-refractivity contribution in [3.63, 3.8) is 0 Å². The number of nitrogens with zero attached hydrogens (tertiary/aromatic N) is 1. The summed E-state index contributed by atoms with van der Waals surface area (Å²) in [6, 6.07) is 4.74. The van der Waals surface area contributed by atoms with Gasteiger partial charge in [-0.25, -0.2) is 5.01 Å². The van der Waals surface area contributed by atoms with Gasteiger partial charge in [-0.2, -0.15) is 13.2 Å². The van der Waals surface area contributed by atoms with Gasteiger partial charge in [-0.15, -0.1) is 0 Å². The van der Waals surface area contributed by atoms with E-state index in [1.165, 1.54) is 12.1 Å². The van der Waals surface area contributed by atoms with Gasteiger partial charge in [0.15, 0.2) is 0 Å². The summed E-state index contributed by atoms with van der Waals surface area (Å²) in [5, 5.41) is 1.01. The Morgan fingerprint density at radius 1 is 1.21 bits per heavy atom. The Labute approximate surface area is 141 Å². The van der Waals surface area contributed by atoms with E-state index in [2.05, 4.69) is 12.3 Å². The molecule has 0 saturated carbocycles. The molecule has 0 radical (unpaired) electrons. The van der Waals surface area contributed by atoms with Crippen molar-refractivity contribution in [2.75, 3.05) is 6.54 Å². The van der Waals surface area contributed by atoms with Gasteiger partial charge in [-0.05, 0) is 37.8 Å². The lowest BCUT2D eigenvalue weighted by molar-refractivity contribution is -0.191. The predicted octanol–water partition coefficient (Wildman–Crippen LogP) is 4.40. The SMILES string of the molecule is CCCCCc1ccc([C@H](N2CC(C)(C)C(=O)N2)C(F)(F)F)cc1. The molecule has 0 aliphatic carbocycles. The van der Waals surface area contributed by atoms with Crippen molar-refractivity contribution >= 4 is 5.91 Å². The Balaban J connectivity index is 2.19. The van der Waals surface area contributed by atoms with Crippen LogP contribution in [0.5, 0.6) is 0 Å². The van der Waals surface area contributed by atoms with Crippen molar-refractivity contribution in [3.05, 3.63) is 35.4 Å². The van der Waals surface area contributed by atoms with Gasteiger partial charge in [0.2, 0.25) is 5.91 Å². The van der Waals surface area contributed by atoms with Gasteiger partial charge in [0.05, 0.1) is 5.41 Å². The molecule has 1 atom stereocenters. The minimum atomic E-state index is -4.46. The highest BCUT2D eigenvalue weighted by atomic mass is 19.4. The molecule has 1 N–H and O–H groups in total. The molecule has 1 amide bonds. The van der Waals surface area contributed by atoms with E-state index in [4.69, 9.17) is 0 Å². The lowest BCUT2D eigenvalue weighted by Gasteiger charge is -2.30. The Morgan fingerprint density at radius 3 is 2.29 bits per heavy atom. The zero-order valence-electron chi connectivity index (χ0n) is 14.4. The van der Waals surface area contributed by atoms with Gasteiger partial charge in [0.1, 0.15) is 6.04 Å². The summed E-state index contributed by atoms with van der Waals surface area (Å²) in [6.45, 7) is 5.43. The van der Waals surface area contributed by atoms with Gasteiger partial charge in [-0.1, -0.05) is 44.0 Å². The molecular weight excluding hydrogens is 317 g/mol. The van der Waals surface area contributed by atoms with Crippen LogP contribution in [-0.2, 0) is 11.2 Å². The maximum atomic E-state index is 13.6. The van der Waals surface area contributed by atoms with E-state index in [9.17, 15) is 18.0 Å². The number of hydrogen-bond donors (Lipinski definition) is 1. The Morgan fingerprint density at radius 2 is 1.83 bits per heavy atom. The van der Waals surface area contributed by atoms with Crippen molar-refractivity contribution in [2.24, 2.45) is 5.41 Å². The number of aryl methyl sites for hydroxylation is 1. The molecule has 6 heteroatoms. The summed E-state index contributed by atoms with van der Waals surface area (Å²) in [5.74, 6) is -0.382. The van der Waals surface area contributed by atoms with E-state index in [0.29, 0.717) is 0 Å². The zero-order chi connectivity index (χ0) is 18.0. The molecule has 0 unspecified atom stereocenters. The van der Waals surface area contributed by atoms with E-state index in [-0.39, 0.29) is 18.0 Å². The van der Waals surface area contributed by atoms with Gasteiger partial charge in [0, 0.05) is 6.54 Å². The average Bonchev–Trinajstić information content (AvgIpc) is 2.73. The molecule has 0 spiro atoms. The molecule has 0 aromatic heterocycles. The Kier molecular flexibility index (Phi) is 5.58. The summed E-state index contributed by atoms with van der Waals surface area (Å²) < 4.78 is 40.8. The Hall–Kier alpha value is -1.56. The number of rotatable bonds is 6. The molecule has 0 bridgehead atoms. The number of alkyl halides is 3. The Bertz CT molecular complexity index is 567. The molecule has 2 rings (SSSR count). The van der Waals surface area contributed by atoms with E-state index in [0.717, 1.165) is 36.3 Å². The molecule has 1 aliphatic rings. The van der Waals surface area contributed by atoms with E-state index >= 15 is 0 Å². The molecule has 1 fully saturated rings. The van der Waals surface area contributed by atoms with Gasteiger partial charge < -0.3 is 0 Å². The first kappa shape index (κ1) is 18.8. The van der Waals surface area contributed by atoms with Crippen LogP contribution in [0.4, 0.5) is 13.2 Å². The van der Waals surface area contributed by atoms with Crippen LogP contribution in [0.2, 0.25) is 0 Å². The average molecular weight is 342 g/mol. The normalized spacial score (nSPS) is 19.3. The van der Waals surface area contributed by atoms with Crippen molar-refractivity contribution in [1.82, 2.24) is 10.4 Å². The summed E-state index contributed by atoms with van der Waals surface area (Å²) in [5.41, 5.74) is 2.74. The highest BCUT2D eigenvalue weighted by Gasteiger charge is 2.51. The summed E-state index contributed by atoms with van der Waals surface area (Å²) in [4.78, 5) is 11.8. The maximum absolute atomic E-state index is 13.6. The van der Waals surface area contributed by atoms with E-state index in [1.807, 2.05) is 0 Å². The van der Waals surface area contributed by atoms with Crippen molar-refractivity contribution in [3.8, 4) is 0 Å². The number of hydrazine groups is 1. The van der Waals surface area contributed by atoms with Gasteiger partial charge in [0.25, 0.3) is 0 Å². The van der Waals surface area contributed by atoms with Crippen molar-refractivity contribution in [1.29, 1.82) is 0 Å². The third-order valence-corrected chi connectivity index (χ3v) is 4.41.